The van der Waals surface area contributed by atoms with Gasteiger partial charge < -0.3 is 13.7 Å². The van der Waals surface area contributed by atoms with Crippen LogP contribution in [0.4, 0.5) is 4.39 Å². The third kappa shape index (κ3) is 3.56. The maximum Gasteiger partial charge on any atom is 0.498 e. The van der Waals surface area contributed by atoms with Gasteiger partial charge in [-0.3, -0.25) is 0 Å². The Morgan fingerprint density at radius 1 is 1.04 bits per heavy atom. The molecule has 0 aliphatic carbocycles. The molecule has 1 saturated heterocycles. The van der Waals surface area contributed by atoms with Crippen molar-refractivity contribution in [3.05, 3.63) is 24.0 Å². The van der Waals surface area contributed by atoms with Crippen LogP contribution in [-0.4, -0.2) is 26.6 Å². The van der Waals surface area contributed by atoms with Crippen molar-refractivity contribution in [1.82, 2.24) is 0 Å². The van der Waals surface area contributed by atoms with Crippen molar-refractivity contribution >= 4 is 20.9 Å². The van der Waals surface area contributed by atoms with Crippen LogP contribution in [0, 0.1) is 5.82 Å². The number of hydrogen-bond donors (Lipinski definition) is 0. The van der Waals surface area contributed by atoms with Gasteiger partial charge in [-0.25, -0.2) is 4.39 Å². The molecule has 2 rings (SSSR count). The third-order valence-electron chi connectivity index (χ3n) is 5.65. The molecule has 0 radical (unpaired) electrons. The van der Waals surface area contributed by atoms with Crippen LogP contribution in [0.5, 0.6) is 5.75 Å². The highest BCUT2D eigenvalue weighted by molar-refractivity contribution is 6.75. The van der Waals surface area contributed by atoms with E-state index in [1.165, 1.54) is 12.1 Å². The smallest absolute Gasteiger partial charge is 0.498 e. The molecule has 1 heterocycles. The van der Waals surface area contributed by atoms with Crippen LogP contribution < -0.4 is 9.89 Å². The summed E-state index contributed by atoms with van der Waals surface area (Å²) in [5, 5.41) is 0.0204. The molecule has 0 N–H and O–H groups in total. The number of halogens is 1. The first-order chi connectivity index (χ1) is 10.7. The van der Waals surface area contributed by atoms with Gasteiger partial charge in [-0.1, -0.05) is 26.8 Å². The number of benzene rings is 1. The summed E-state index contributed by atoms with van der Waals surface area (Å²) in [6, 6.07) is 4.58. The van der Waals surface area contributed by atoms with E-state index in [1.807, 2.05) is 27.7 Å². The maximum atomic E-state index is 13.9. The Hall–Kier alpha value is -0.848. The molecule has 1 aromatic carbocycles. The van der Waals surface area contributed by atoms with Crippen LogP contribution >= 0.6 is 0 Å². The molecule has 0 atom stereocenters. The minimum Gasteiger partial charge on any atom is -0.544 e. The van der Waals surface area contributed by atoms with Gasteiger partial charge >= 0.3 is 7.12 Å². The Labute approximate surface area is 147 Å². The predicted octanol–water partition coefficient (Wildman–Crippen LogP) is 4.51. The molecule has 0 saturated carbocycles. The summed E-state index contributed by atoms with van der Waals surface area (Å²) in [5.41, 5.74) is -0.138. The molecule has 1 aliphatic heterocycles. The summed E-state index contributed by atoms with van der Waals surface area (Å²) in [5.74, 6) is 0.212. The minimum absolute atomic E-state index is 0.0204. The molecule has 0 spiro atoms. The predicted molar refractivity (Wildman–Crippen MR) is 99.9 cm³/mol. The van der Waals surface area contributed by atoms with Crippen molar-refractivity contribution < 1.29 is 18.1 Å². The topological polar surface area (TPSA) is 27.7 Å². The summed E-state index contributed by atoms with van der Waals surface area (Å²) in [6.45, 7) is 18.8. The highest BCUT2D eigenvalue weighted by Crippen LogP contribution is 2.39. The summed E-state index contributed by atoms with van der Waals surface area (Å²) >= 11 is 0. The summed E-state index contributed by atoms with van der Waals surface area (Å²) in [7, 11) is -2.66. The van der Waals surface area contributed by atoms with E-state index >= 15 is 0 Å². The minimum atomic E-state index is -2.10. The molecule has 6 heteroatoms. The molecule has 0 bridgehead atoms. The second-order valence-corrected chi connectivity index (χ2v) is 13.9. The highest BCUT2D eigenvalue weighted by atomic mass is 28.4. The normalized spacial score (nSPS) is 20.3. The van der Waals surface area contributed by atoms with E-state index in [0.29, 0.717) is 5.75 Å². The lowest BCUT2D eigenvalue weighted by molar-refractivity contribution is 0.00578. The Balaban J connectivity index is 2.40. The molecule has 134 valence electrons. The van der Waals surface area contributed by atoms with E-state index in [1.54, 1.807) is 6.07 Å². The zero-order valence-electron chi connectivity index (χ0n) is 16.4. The van der Waals surface area contributed by atoms with Crippen molar-refractivity contribution in [2.45, 2.75) is 77.8 Å². The second-order valence-electron chi connectivity index (χ2n) is 9.13. The fraction of sp³-hybridized carbons (Fsp3) is 0.667. The van der Waals surface area contributed by atoms with Gasteiger partial charge in [0.2, 0.25) is 8.32 Å². The molecule has 1 fully saturated rings. The van der Waals surface area contributed by atoms with Crippen LogP contribution in [0.15, 0.2) is 18.2 Å². The van der Waals surface area contributed by atoms with E-state index in [-0.39, 0.29) is 10.9 Å². The lowest BCUT2D eigenvalue weighted by atomic mass is 9.78. The van der Waals surface area contributed by atoms with Gasteiger partial charge in [0.1, 0.15) is 11.6 Å². The van der Waals surface area contributed by atoms with E-state index in [2.05, 4.69) is 33.9 Å². The Morgan fingerprint density at radius 2 is 1.54 bits per heavy atom. The van der Waals surface area contributed by atoms with E-state index in [4.69, 9.17) is 13.7 Å². The second kappa shape index (κ2) is 5.85. The molecule has 1 aliphatic rings. The zero-order valence-corrected chi connectivity index (χ0v) is 17.4. The third-order valence-corrected chi connectivity index (χ3v) is 10.00. The van der Waals surface area contributed by atoms with Gasteiger partial charge in [-0.2, -0.15) is 0 Å². The molecule has 24 heavy (non-hydrogen) atoms. The highest BCUT2D eigenvalue weighted by Gasteiger charge is 2.53. The SMILES string of the molecule is CC1(C)OB(c2ccc(F)cc2O[Si](C)(C)C(C)(C)C)OC1(C)C. The van der Waals surface area contributed by atoms with E-state index in [0.717, 1.165) is 5.46 Å². The monoisotopic (exact) mass is 352 g/mol. The van der Waals surface area contributed by atoms with Crippen LogP contribution in [0.2, 0.25) is 18.1 Å². The molecular formula is C18H30BFO3Si. The Bertz CT molecular complexity index is 607. The van der Waals surface area contributed by atoms with Crippen molar-refractivity contribution in [1.29, 1.82) is 0 Å². The Kier molecular flexibility index (Phi) is 4.75. The van der Waals surface area contributed by atoms with Crippen molar-refractivity contribution in [3.8, 4) is 5.75 Å². The average Bonchev–Trinajstić information content (AvgIpc) is 2.56. The fourth-order valence-electron chi connectivity index (χ4n) is 2.19. The standard InChI is InChI=1S/C18H30BFO3Si/c1-16(2,3)24(8,9)21-15-12-13(20)10-11-14(15)19-22-17(4,5)18(6,7)23-19/h10-12H,1-9H3. The summed E-state index contributed by atoms with van der Waals surface area (Å²) in [4.78, 5) is 0. The summed E-state index contributed by atoms with van der Waals surface area (Å²) < 4.78 is 32.5. The fourth-order valence-corrected chi connectivity index (χ4v) is 3.22. The molecule has 0 unspecified atom stereocenters. The first-order valence-corrected chi connectivity index (χ1v) is 11.4. The quantitative estimate of drug-likeness (QED) is 0.749. The summed E-state index contributed by atoms with van der Waals surface area (Å²) in [6.07, 6.45) is 0. The number of hydrogen-bond acceptors (Lipinski definition) is 3. The molecule has 0 amide bonds. The lowest BCUT2D eigenvalue weighted by Crippen LogP contribution is -2.46. The average molecular weight is 352 g/mol. The van der Waals surface area contributed by atoms with Crippen molar-refractivity contribution in [2.24, 2.45) is 0 Å². The molecular weight excluding hydrogens is 322 g/mol. The van der Waals surface area contributed by atoms with Crippen molar-refractivity contribution in [2.75, 3.05) is 0 Å². The van der Waals surface area contributed by atoms with E-state index in [9.17, 15) is 4.39 Å². The molecule has 1 aromatic rings. The van der Waals surface area contributed by atoms with Gasteiger partial charge in [-0.15, -0.1) is 0 Å². The van der Waals surface area contributed by atoms with Crippen molar-refractivity contribution in [3.63, 3.8) is 0 Å². The van der Waals surface area contributed by atoms with Gasteiger partial charge in [0.05, 0.1) is 11.2 Å². The lowest BCUT2D eigenvalue weighted by Gasteiger charge is -2.37. The zero-order chi connectivity index (χ0) is 18.6. The maximum absolute atomic E-state index is 13.9. The van der Waals surface area contributed by atoms with Gasteiger partial charge in [0.15, 0.2) is 0 Å². The van der Waals surface area contributed by atoms with Gasteiger partial charge in [-0.05, 0) is 51.9 Å². The largest absolute Gasteiger partial charge is 0.544 e. The van der Waals surface area contributed by atoms with Crippen LogP contribution in [0.1, 0.15) is 48.5 Å². The van der Waals surface area contributed by atoms with Gasteiger partial charge in [0, 0.05) is 11.5 Å². The van der Waals surface area contributed by atoms with Gasteiger partial charge in [0.25, 0.3) is 0 Å². The Morgan fingerprint density at radius 3 is 2.00 bits per heavy atom. The van der Waals surface area contributed by atoms with E-state index < -0.39 is 26.6 Å². The molecule has 0 aromatic heterocycles. The van der Waals surface area contributed by atoms with Crippen LogP contribution in [-0.2, 0) is 9.31 Å². The van der Waals surface area contributed by atoms with Crippen LogP contribution in [0.3, 0.4) is 0 Å². The molecule has 3 nitrogen and oxygen atoms in total. The first kappa shape index (κ1) is 19.5. The van der Waals surface area contributed by atoms with Crippen LogP contribution in [0.25, 0.3) is 0 Å². The first-order valence-electron chi connectivity index (χ1n) is 8.50. The number of rotatable bonds is 3.